The van der Waals surface area contributed by atoms with Gasteiger partial charge in [0.2, 0.25) is 5.76 Å². The van der Waals surface area contributed by atoms with Crippen LogP contribution in [0.25, 0.3) is 0 Å². The highest BCUT2D eigenvalue weighted by atomic mass is 33.1. The molecule has 1 aliphatic rings. The zero-order valence-corrected chi connectivity index (χ0v) is 17.6. The number of rotatable bonds is 8. The van der Waals surface area contributed by atoms with E-state index in [1.165, 1.54) is 11.8 Å². The Morgan fingerprint density at radius 1 is 1.38 bits per heavy atom. The topological polar surface area (TPSA) is 56.9 Å². The summed E-state index contributed by atoms with van der Waals surface area (Å²) in [6.07, 6.45) is 14.3. The molecule has 1 atom stereocenters. The first-order valence-electron chi connectivity index (χ1n) is 8.46. The summed E-state index contributed by atoms with van der Waals surface area (Å²) in [5.41, 5.74) is 1.11. The summed E-state index contributed by atoms with van der Waals surface area (Å²) in [5.74, 6) is -0.143. The molecule has 1 rings (SSSR count). The molecule has 1 aliphatic carbocycles. The van der Waals surface area contributed by atoms with E-state index in [0.717, 1.165) is 5.57 Å². The van der Waals surface area contributed by atoms with Gasteiger partial charge >= 0.3 is 11.9 Å². The second-order valence-corrected chi connectivity index (χ2v) is 8.01. The van der Waals surface area contributed by atoms with Crippen LogP contribution in [0.2, 0.25) is 0 Å². The first-order valence-corrected chi connectivity index (χ1v) is 11.0. The third-order valence-corrected chi connectivity index (χ3v) is 5.53. The lowest BCUT2D eigenvalue weighted by Gasteiger charge is -2.15. The zero-order chi connectivity index (χ0) is 19.5. The summed E-state index contributed by atoms with van der Waals surface area (Å²) in [5, 5.41) is 0. The third-order valence-electron chi connectivity index (χ3n) is 3.59. The van der Waals surface area contributed by atoms with E-state index in [0.29, 0.717) is 24.4 Å². The quantitative estimate of drug-likeness (QED) is 0.174. The van der Waals surface area contributed by atoms with Gasteiger partial charge in [0.1, 0.15) is 11.7 Å². The molecule has 0 aromatic rings. The summed E-state index contributed by atoms with van der Waals surface area (Å²) in [6, 6.07) is 0. The molecule has 0 amide bonds. The van der Waals surface area contributed by atoms with Crippen molar-refractivity contribution in [3.8, 4) is 0 Å². The van der Waals surface area contributed by atoms with Gasteiger partial charge in [0.15, 0.2) is 0 Å². The van der Waals surface area contributed by atoms with Crippen molar-refractivity contribution in [1.82, 2.24) is 0 Å². The number of esters is 2. The molecule has 142 valence electrons. The first-order chi connectivity index (χ1) is 12.4. The van der Waals surface area contributed by atoms with Crippen LogP contribution in [0.4, 0.5) is 0 Å². The molecule has 0 saturated carbocycles. The van der Waals surface area contributed by atoms with Crippen molar-refractivity contribution >= 4 is 33.5 Å². The van der Waals surface area contributed by atoms with Crippen LogP contribution in [-0.2, 0) is 14.3 Å². The van der Waals surface area contributed by atoms with Crippen molar-refractivity contribution < 1.29 is 19.1 Å². The average Bonchev–Trinajstić information content (AvgIpc) is 2.62. The fourth-order valence-electron chi connectivity index (χ4n) is 2.25. The highest BCUT2D eigenvalue weighted by Gasteiger charge is 2.32. The lowest BCUT2D eigenvalue weighted by molar-refractivity contribution is -0.143. The highest BCUT2D eigenvalue weighted by Crippen LogP contribution is 2.32. The molecule has 0 fully saturated rings. The van der Waals surface area contributed by atoms with Crippen LogP contribution >= 0.6 is 21.6 Å². The molecule has 0 heterocycles. The van der Waals surface area contributed by atoms with Crippen molar-refractivity contribution in [2.45, 2.75) is 40.5 Å². The lowest BCUT2D eigenvalue weighted by atomic mass is 9.98. The van der Waals surface area contributed by atoms with Gasteiger partial charge in [-0.2, -0.15) is 0 Å². The Hall–Kier alpha value is -1.66. The number of carbonyl (C=O) groups is 1. The van der Waals surface area contributed by atoms with E-state index < -0.39 is 5.92 Å². The van der Waals surface area contributed by atoms with Crippen molar-refractivity contribution in [2.24, 2.45) is 5.92 Å². The van der Waals surface area contributed by atoms with E-state index in [9.17, 15) is 9.59 Å². The van der Waals surface area contributed by atoms with Crippen LogP contribution in [0.5, 0.6) is 0 Å². The predicted octanol–water partition coefficient (Wildman–Crippen LogP) is 5.68. The zero-order valence-electron chi connectivity index (χ0n) is 15.9. The van der Waals surface area contributed by atoms with Gasteiger partial charge in [-0.1, -0.05) is 52.8 Å². The second-order valence-electron chi connectivity index (χ2n) is 5.57. The Bertz CT molecular complexity index is 669. The lowest BCUT2D eigenvalue weighted by Crippen LogP contribution is -2.23. The van der Waals surface area contributed by atoms with E-state index >= 15 is 0 Å². The standard InChI is InChI=1S/C20H26O4S2/c1-6-16(13-12-14(3)19(7-2)26-25-5)24-20(22)17-10-8-9-11-18(17)23-15(4)21/h7-9,11-13,17H,6,10H2,1-5H3/p+1/b14-12+,16-13+,19-7-. The molecule has 4 nitrogen and oxygen atoms in total. The SMILES string of the molecule is C/C=C(SSC)/C(C)=C/C=C(\CC)OC(=O)C1CC=CC=C1OC(C)=[OH+]. The van der Waals surface area contributed by atoms with Gasteiger partial charge < -0.3 is 9.53 Å². The Morgan fingerprint density at radius 3 is 2.69 bits per heavy atom. The highest BCUT2D eigenvalue weighted by molar-refractivity contribution is 8.78. The minimum absolute atomic E-state index is 0.195. The Labute approximate surface area is 163 Å². The Balaban J connectivity index is 2.86. The largest absolute Gasteiger partial charge is 0.485 e. The van der Waals surface area contributed by atoms with Crippen LogP contribution in [0, 0.1) is 5.92 Å². The van der Waals surface area contributed by atoms with Crippen LogP contribution in [-0.4, -0.2) is 23.0 Å². The smallest absolute Gasteiger partial charge is 0.430 e. The molecule has 0 radical (unpaired) electrons. The summed E-state index contributed by atoms with van der Waals surface area (Å²) in [4.78, 5) is 23.1. The third kappa shape index (κ3) is 7.30. The molecule has 26 heavy (non-hydrogen) atoms. The molecule has 0 spiro atoms. The monoisotopic (exact) mass is 395 g/mol. The normalized spacial score (nSPS) is 18.4. The summed E-state index contributed by atoms with van der Waals surface area (Å²) in [7, 11) is 3.39. The van der Waals surface area contributed by atoms with Crippen molar-refractivity contribution in [3.05, 3.63) is 58.5 Å². The predicted molar refractivity (Wildman–Crippen MR) is 112 cm³/mol. The number of hydrogen-bond acceptors (Lipinski definition) is 5. The minimum atomic E-state index is -0.555. The van der Waals surface area contributed by atoms with E-state index in [4.69, 9.17) is 9.47 Å². The second kappa shape index (κ2) is 11.9. The van der Waals surface area contributed by atoms with E-state index in [2.05, 4.69) is 6.08 Å². The fraction of sp³-hybridized carbons (Fsp3) is 0.400. The van der Waals surface area contributed by atoms with Crippen LogP contribution < -0.4 is 0 Å². The van der Waals surface area contributed by atoms with Crippen molar-refractivity contribution in [1.29, 1.82) is 0 Å². The van der Waals surface area contributed by atoms with Gasteiger partial charge in [0.05, 0.1) is 6.92 Å². The molecular weight excluding hydrogens is 368 g/mol. The van der Waals surface area contributed by atoms with Gasteiger partial charge in [-0.3, -0.25) is 9.53 Å². The Kier molecular flexibility index (Phi) is 10.2. The van der Waals surface area contributed by atoms with Crippen molar-refractivity contribution in [3.63, 3.8) is 0 Å². The summed E-state index contributed by atoms with van der Waals surface area (Å²) >= 11 is 0. The molecule has 0 bridgehead atoms. The summed E-state index contributed by atoms with van der Waals surface area (Å²) in [6.45, 7) is 7.41. The molecule has 0 saturated heterocycles. The molecule has 0 aliphatic heterocycles. The van der Waals surface area contributed by atoms with Gasteiger partial charge in [-0.05, 0) is 38.2 Å². The average molecular weight is 396 g/mol. The van der Waals surface area contributed by atoms with E-state index in [-0.39, 0.29) is 11.9 Å². The van der Waals surface area contributed by atoms with Gasteiger partial charge in [0.25, 0.3) is 0 Å². The molecule has 0 aromatic carbocycles. The molecular formula is C20H27O4S2+. The number of carbonyl (C=O) groups excluding carboxylic acids is 2. The van der Waals surface area contributed by atoms with Crippen LogP contribution in [0.1, 0.15) is 40.5 Å². The maximum Gasteiger partial charge on any atom is 0.485 e. The maximum absolute atomic E-state index is 12.5. The molecule has 1 N–H and O–H groups in total. The summed E-state index contributed by atoms with van der Waals surface area (Å²) < 4.78 is 10.8. The van der Waals surface area contributed by atoms with Gasteiger partial charge in [-0.15, -0.1) is 0 Å². The first kappa shape index (κ1) is 22.4. The van der Waals surface area contributed by atoms with Gasteiger partial charge in [0, 0.05) is 17.4 Å². The van der Waals surface area contributed by atoms with E-state index in [1.807, 2.05) is 45.3 Å². The molecule has 1 unspecified atom stereocenters. The molecule has 6 heteroatoms. The fourth-order valence-corrected chi connectivity index (χ4v) is 3.95. The number of allylic oxidation sites excluding steroid dienone is 8. The van der Waals surface area contributed by atoms with Gasteiger partial charge in [-0.25, -0.2) is 0 Å². The molecule has 0 aromatic heterocycles. The van der Waals surface area contributed by atoms with Crippen LogP contribution in [0.15, 0.2) is 58.5 Å². The number of ether oxygens (including phenoxy) is 2. The minimum Gasteiger partial charge on any atom is -0.430 e. The van der Waals surface area contributed by atoms with Crippen molar-refractivity contribution in [2.75, 3.05) is 6.26 Å². The number of hydrogen-bond donors (Lipinski definition) is 0. The maximum atomic E-state index is 12.5. The van der Waals surface area contributed by atoms with E-state index in [1.54, 1.807) is 33.7 Å². The Morgan fingerprint density at radius 2 is 2.12 bits per heavy atom. The van der Waals surface area contributed by atoms with Crippen LogP contribution in [0.3, 0.4) is 0 Å².